The minimum atomic E-state index is -4.84. The molecule has 0 spiro atoms. The molecule has 0 amide bonds. The van der Waals surface area contributed by atoms with Crippen LogP contribution in [0.25, 0.3) is 0 Å². The molecule has 0 aliphatic carbocycles. The molecule has 1 aromatic carbocycles. The van der Waals surface area contributed by atoms with Crippen molar-refractivity contribution in [3.8, 4) is 0 Å². The smallest absolute Gasteiger partial charge is 0.301 e. The molecule has 11 heteroatoms. The van der Waals surface area contributed by atoms with Gasteiger partial charge < -0.3 is 4.98 Å². The van der Waals surface area contributed by atoms with Crippen LogP contribution >= 0.6 is 23.4 Å². The highest BCUT2D eigenvalue weighted by molar-refractivity contribution is 7.98. The predicted molar refractivity (Wildman–Crippen MR) is 75.9 cm³/mol. The van der Waals surface area contributed by atoms with Gasteiger partial charge in [-0.05, 0) is 17.7 Å². The normalized spacial score (nSPS) is 12.5. The average molecular weight is 389 g/mol. The zero-order valence-corrected chi connectivity index (χ0v) is 13.0. The van der Waals surface area contributed by atoms with E-state index in [1.165, 1.54) is 6.07 Å². The van der Waals surface area contributed by atoms with Crippen molar-refractivity contribution in [3.05, 3.63) is 56.5 Å². The van der Waals surface area contributed by atoms with Gasteiger partial charge in [-0.15, -0.1) is 0 Å². The number of nitrogens with one attached hydrogen (secondary N) is 1. The fourth-order valence-corrected chi connectivity index (χ4v) is 3.01. The van der Waals surface area contributed by atoms with E-state index in [0.29, 0.717) is 11.8 Å². The summed E-state index contributed by atoms with van der Waals surface area (Å²) in [6, 6.07) is 3.42. The molecule has 0 bridgehead atoms. The van der Waals surface area contributed by atoms with Gasteiger partial charge in [0.25, 0.3) is 5.56 Å². The van der Waals surface area contributed by atoms with Crippen LogP contribution in [0.3, 0.4) is 0 Å². The van der Waals surface area contributed by atoms with E-state index in [1.54, 1.807) is 0 Å². The van der Waals surface area contributed by atoms with Crippen LogP contribution in [-0.2, 0) is 18.1 Å². The molecule has 0 radical (unpaired) electrons. The highest BCUT2D eigenvalue weighted by Crippen LogP contribution is 2.37. The van der Waals surface area contributed by atoms with Gasteiger partial charge in [-0.2, -0.15) is 26.3 Å². The number of aromatic nitrogens is 2. The Bertz CT molecular complexity index is 802. The van der Waals surface area contributed by atoms with Crippen LogP contribution < -0.4 is 5.56 Å². The van der Waals surface area contributed by atoms with Gasteiger partial charge in [0.1, 0.15) is 0 Å². The van der Waals surface area contributed by atoms with Crippen LogP contribution in [-0.4, -0.2) is 9.97 Å². The number of aromatic amines is 1. The molecule has 0 saturated heterocycles. The van der Waals surface area contributed by atoms with E-state index in [9.17, 15) is 31.1 Å². The number of hydrogen-bond acceptors (Lipinski definition) is 3. The quantitative estimate of drug-likeness (QED) is 0.469. The Labute approximate surface area is 140 Å². The highest BCUT2D eigenvalue weighted by atomic mass is 35.5. The summed E-state index contributed by atoms with van der Waals surface area (Å²) < 4.78 is 76.6. The van der Waals surface area contributed by atoms with Crippen molar-refractivity contribution in [3.63, 3.8) is 0 Å². The Balaban J connectivity index is 2.33. The summed E-state index contributed by atoms with van der Waals surface area (Å²) in [5.41, 5.74) is -3.80. The molecule has 0 unspecified atom stereocenters. The van der Waals surface area contributed by atoms with E-state index in [2.05, 4.69) is 4.98 Å². The number of alkyl halides is 6. The summed E-state index contributed by atoms with van der Waals surface area (Å²) >= 11 is 6.26. The molecule has 1 aromatic heterocycles. The first kappa shape index (κ1) is 18.7. The fraction of sp³-hybridized carbons (Fsp3) is 0.231. The van der Waals surface area contributed by atoms with Gasteiger partial charge in [0, 0.05) is 16.8 Å². The van der Waals surface area contributed by atoms with Crippen LogP contribution in [0.15, 0.2) is 34.2 Å². The van der Waals surface area contributed by atoms with Gasteiger partial charge in [0.05, 0.1) is 5.56 Å². The van der Waals surface area contributed by atoms with Crippen molar-refractivity contribution in [1.82, 2.24) is 9.97 Å². The fourth-order valence-electron chi connectivity index (χ4n) is 1.76. The van der Waals surface area contributed by atoms with E-state index in [0.717, 1.165) is 12.1 Å². The lowest BCUT2D eigenvalue weighted by molar-refractivity contribution is -0.141. The van der Waals surface area contributed by atoms with Gasteiger partial charge in [0.2, 0.25) is 0 Å². The number of hydrogen-bond donors (Lipinski definition) is 1. The number of nitrogens with zero attached hydrogens (tertiary/aromatic N) is 1. The molecule has 0 aliphatic rings. The third-order valence-electron chi connectivity index (χ3n) is 2.79. The van der Waals surface area contributed by atoms with Crippen molar-refractivity contribution >= 4 is 23.4 Å². The molecular weight excluding hydrogens is 382 g/mol. The first-order valence-electron chi connectivity index (χ1n) is 6.14. The molecular formula is C13H7ClF6N2OS. The average Bonchev–Trinajstić information content (AvgIpc) is 2.43. The summed E-state index contributed by atoms with van der Waals surface area (Å²) in [5.74, 6) is -0.418. The van der Waals surface area contributed by atoms with E-state index in [1.807, 2.05) is 4.98 Å². The minimum absolute atomic E-state index is 0.188. The lowest BCUT2D eigenvalue weighted by atomic mass is 10.1. The number of H-pyrrole nitrogens is 1. The molecule has 0 saturated carbocycles. The van der Waals surface area contributed by atoms with E-state index >= 15 is 0 Å². The lowest BCUT2D eigenvalue weighted by Crippen LogP contribution is -2.17. The molecule has 0 fully saturated rings. The largest absolute Gasteiger partial charge is 0.433 e. The summed E-state index contributed by atoms with van der Waals surface area (Å²) in [7, 11) is 0. The molecule has 3 nitrogen and oxygen atoms in total. The Kier molecular flexibility index (Phi) is 5.19. The Morgan fingerprint density at radius 3 is 2.38 bits per heavy atom. The summed E-state index contributed by atoms with van der Waals surface area (Å²) in [6.45, 7) is 0. The number of rotatable bonds is 3. The van der Waals surface area contributed by atoms with Crippen molar-refractivity contribution in [2.24, 2.45) is 0 Å². The van der Waals surface area contributed by atoms with Crippen LogP contribution in [0.4, 0.5) is 26.3 Å². The third kappa shape index (κ3) is 4.44. The molecule has 1 N–H and O–H groups in total. The zero-order chi connectivity index (χ0) is 18.1. The number of halogens is 7. The standard InChI is InChI=1S/C13H7ClF6N2OS/c14-8-3-1-2-7(12(15,16)17)6(8)5-24-11-21-9(13(18,19)20)4-10(23)22-11/h1-4H,5H2,(H,21,22,23). The Hall–Kier alpha value is -1.68. The summed E-state index contributed by atoms with van der Waals surface area (Å²) in [5, 5.41) is -0.644. The van der Waals surface area contributed by atoms with Gasteiger partial charge in [0.15, 0.2) is 10.9 Å². The summed E-state index contributed by atoms with van der Waals surface area (Å²) in [6.07, 6.45) is -9.51. The van der Waals surface area contributed by atoms with Crippen LogP contribution in [0.1, 0.15) is 16.8 Å². The minimum Gasteiger partial charge on any atom is -0.301 e. The first-order chi connectivity index (χ1) is 11.0. The second-order valence-corrected chi connectivity index (χ2v) is 5.86. The molecule has 2 rings (SSSR count). The second-order valence-electron chi connectivity index (χ2n) is 4.49. The number of thioether (sulfide) groups is 1. The van der Waals surface area contributed by atoms with Crippen LogP contribution in [0.2, 0.25) is 5.02 Å². The van der Waals surface area contributed by atoms with Crippen molar-refractivity contribution in [1.29, 1.82) is 0 Å². The van der Waals surface area contributed by atoms with E-state index in [-0.39, 0.29) is 16.7 Å². The second kappa shape index (κ2) is 6.67. The Morgan fingerprint density at radius 2 is 1.79 bits per heavy atom. The maximum absolute atomic E-state index is 12.9. The molecule has 0 atom stereocenters. The van der Waals surface area contributed by atoms with Crippen molar-refractivity contribution < 1.29 is 26.3 Å². The van der Waals surface area contributed by atoms with Gasteiger partial charge in [-0.25, -0.2) is 4.98 Å². The van der Waals surface area contributed by atoms with Crippen molar-refractivity contribution in [2.45, 2.75) is 23.3 Å². The molecule has 1 heterocycles. The predicted octanol–water partition coefficient (Wildman–Crippen LogP) is 4.75. The maximum atomic E-state index is 12.9. The third-order valence-corrected chi connectivity index (χ3v) is 4.04. The maximum Gasteiger partial charge on any atom is 0.433 e. The highest BCUT2D eigenvalue weighted by Gasteiger charge is 2.35. The monoisotopic (exact) mass is 388 g/mol. The van der Waals surface area contributed by atoms with E-state index in [4.69, 9.17) is 11.6 Å². The molecule has 130 valence electrons. The molecule has 2 aromatic rings. The first-order valence-corrected chi connectivity index (χ1v) is 7.51. The van der Waals surface area contributed by atoms with Gasteiger partial charge in [-0.1, -0.05) is 29.4 Å². The van der Waals surface area contributed by atoms with Crippen molar-refractivity contribution in [2.75, 3.05) is 0 Å². The van der Waals surface area contributed by atoms with Crippen LogP contribution in [0.5, 0.6) is 0 Å². The molecule has 0 aliphatic heterocycles. The zero-order valence-electron chi connectivity index (χ0n) is 11.4. The van der Waals surface area contributed by atoms with E-state index < -0.39 is 40.1 Å². The SMILES string of the molecule is O=c1cc(C(F)(F)F)nc(SCc2c(Cl)cccc2C(F)(F)F)[nH]1. The topological polar surface area (TPSA) is 45.8 Å². The number of benzene rings is 1. The van der Waals surface area contributed by atoms with Crippen LogP contribution in [0, 0.1) is 0 Å². The van der Waals surface area contributed by atoms with Gasteiger partial charge >= 0.3 is 12.4 Å². The lowest BCUT2D eigenvalue weighted by Gasteiger charge is -2.14. The summed E-state index contributed by atoms with van der Waals surface area (Å²) in [4.78, 5) is 16.5. The molecule has 24 heavy (non-hydrogen) atoms. The van der Waals surface area contributed by atoms with Gasteiger partial charge in [-0.3, -0.25) is 4.79 Å². The Morgan fingerprint density at radius 1 is 1.12 bits per heavy atom.